The van der Waals surface area contributed by atoms with Gasteiger partial charge < -0.3 is 10.4 Å². The number of alkyl halides is 3. The number of nitrogens with zero attached hydrogens (tertiary/aromatic N) is 1. The van der Waals surface area contributed by atoms with E-state index in [0.717, 1.165) is 12.1 Å². The van der Waals surface area contributed by atoms with Crippen LogP contribution in [0.4, 0.5) is 18.9 Å². The molecule has 2 aromatic rings. The molecular formula is C17H15F3N2O2. The largest absolute Gasteiger partial charge is 0.416 e. The van der Waals surface area contributed by atoms with Gasteiger partial charge in [-0.3, -0.25) is 9.78 Å². The number of hydrogen-bond donors (Lipinski definition) is 2. The van der Waals surface area contributed by atoms with E-state index < -0.39 is 17.6 Å². The summed E-state index contributed by atoms with van der Waals surface area (Å²) < 4.78 is 39.1. The van der Waals surface area contributed by atoms with Gasteiger partial charge in [0.25, 0.3) is 0 Å². The van der Waals surface area contributed by atoms with Gasteiger partial charge in [-0.1, -0.05) is 18.2 Å². The number of nitrogens with one attached hydrogen (secondary N) is 1. The molecule has 0 aliphatic carbocycles. The van der Waals surface area contributed by atoms with Crippen LogP contribution in [0.25, 0.3) is 5.57 Å². The van der Waals surface area contributed by atoms with Crippen LogP contribution in [0.1, 0.15) is 23.6 Å². The lowest BCUT2D eigenvalue weighted by molar-refractivity contribution is -0.137. The van der Waals surface area contributed by atoms with Crippen molar-refractivity contribution < 1.29 is 23.1 Å². The molecule has 1 aromatic carbocycles. The minimum atomic E-state index is -4.50. The number of aromatic nitrogens is 1. The molecular weight excluding hydrogens is 321 g/mol. The minimum absolute atomic E-state index is 0.0614. The summed E-state index contributed by atoms with van der Waals surface area (Å²) in [6.07, 6.45) is -0.605. The Morgan fingerprint density at radius 3 is 2.67 bits per heavy atom. The van der Waals surface area contributed by atoms with Crippen molar-refractivity contribution in [2.24, 2.45) is 0 Å². The van der Waals surface area contributed by atoms with Crippen molar-refractivity contribution in [3.05, 3.63) is 65.5 Å². The Balaban J connectivity index is 2.27. The number of pyridine rings is 1. The highest BCUT2D eigenvalue weighted by Gasteiger charge is 2.33. The monoisotopic (exact) mass is 336 g/mol. The van der Waals surface area contributed by atoms with Crippen molar-refractivity contribution in [2.75, 3.05) is 5.32 Å². The summed E-state index contributed by atoms with van der Waals surface area (Å²) in [5, 5.41) is 11.7. The highest BCUT2D eigenvalue weighted by atomic mass is 19.4. The summed E-state index contributed by atoms with van der Waals surface area (Å²) in [6.45, 7) is 1.14. The second kappa shape index (κ2) is 7.27. The van der Waals surface area contributed by atoms with Crippen LogP contribution in [0.2, 0.25) is 0 Å². The van der Waals surface area contributed by atoms with Crippen molar-refractivity contribution in [3.8, 4) is 0 Å². The quantitative estimate of drug-likeness (QED) is 0.838. The molecule has 0 radical (unpaired) electrons. The predicted molar refractivity (Wildman–Crippen MR) is 83.9 cm³/mol. The molecule has 0 aliphatic heterocycles. The average molecular weight is 336 g/mol. The first-order valence-corrected chi connectivity index (χ1v) is 7.02. The fraction of sp³-hybridized carbons (Fsp3) is 0.176. The summed E-state index contributed by atoms with van der Waals surface area (Å²) in [7, 11) is 0. The van der Waals surface area contributed by atoms with Crippen molar-refractivity contribution >= 4 is 17.2 Å². The summed E-state index contributed by atoms with van der Waals surface area (Å²) in [5.74, 6) is -0.604. The Bertz CT molecular complexity index is 770. The van der Waals surface area contributed by atoms with E-state index >= 15 is 0 Å². The van der Waals surface area contributed by atoms with Gasteiger partial charge >= 0.3 is 6.18 Å². The molecule has 0 fully saturated rings. The maximum absolute atomic E-state index is 13.0. The summed E-state index contributed by atoms with van der Waals surface area (Å²) >= 11 is 0. The number of allylic oxidation sites excluding steroid dienone is 1. The Morgan fingerprint density at radius 2 is 2.00 bits per heavy atom. The number of anilines is 1. The number of carbonyl (C=O) groups is 1. The Labute approximate surface area is 136 Å². The Kier molecular flexibility index (Phi) is 5.35. The summed E-state index contributed by atoms with van der Waals surface area (Å²) in [5.41, 5.74) is 0.0748. The maximum atomic E-state index is 13.0. The Hall–Kier alpha value is -2.67. The SMILES string of the molecule is C/C(=C/C(=O)Nc1cnccc1CO)c1ccccc1C(F)(F)F. The molecule has 1 aromatic heterocycles. The normalized spacial score (nSPS) is 12.1. The van der Waals surface area contributed by atoms with Gasteiger partial charge in [0.2, 0.25) is 5.91 Å². The van der Waals surface area contributed by atoms with Crippen molar-refractivity contribution in [1.29, 1.82) is 0 Å². The topological polar surface area (TPSA) is 62.2 Å². The molecule has 2 rings (SSSR count). The van der Waals surface area contributed by atoms with Crippen LogP contribution in [0.5, 0.6) is 0 Å². The standard InChI is InChI=1S/C17H15F3N2O2/c1-11(13-4-2-3-5-14(13)17(18,19)20)8-16(24)22-15-9-21-7-6-12(15)10-23/h2-9,23H,10H2,1H3,(H,22,24)/b11-8-. The fourth-order valence-corrected chi connectivity index (χ4v) is 2.19. The number of aliphatic hydroxyl groups is 1. The Morgan fingerprint density at radius 1 is 1.29 bits per heavy atom. The first kappa shape index (κ1) is 17.7. The van der Waals surface area contributed by atoms with Gasteiger partial charge in [0, 0.05) is 17.8 Å². The number of benzene rings is 1. The molecule has 0 unspecified atom stereocenters. The van der Waals surface area contributed by atoms with E-state index in [9.17, 15) is 23.1 Å². The zero-order valence-electron chi connectivity index (χ0n) is 12.8. The molecule has 0 spiro atoms. The number of rotatable bonds is 4. The van der Waals surface area contributed by atoms with Crippen molar-refractivity contribution in [1.82, 2.24) is 4.98 Å². The first-order chi connectivity index (χ1) is 11.3. The predicted octanol–water partition coefficient (Wildman–Crippen LogP) is 3.63. The lowest BCUT2D eigenvalue weighted by Gasteiger charge is -2.13. The van der Waals surface area contributed by atoms with E-state index in [-0.39, 0.29) is 17.7 Å². The number of amides is 1. The summed E-state index contributed by atoms with van der Waals surface area (Å²) in [6, 6.07) is 6.58. The molecule has 1 heterocycles. The van der Waals surface area contributed by atoms with Crippen LogP contribution in [0.15, 0.2) is 48.8 Å². The molecule has 4 nitrogen and oxygen atoms in total. The second-order valence-electron chi connectivity index (χ2n) is 5.05. The molecule has 7 heteroatoms. The van der Waals surface area contributed by atoms with Crippen molar-refractivity contribution in [3.63, 3.8) is 0 Å². The fourth-order valence-electron chi connectivity index (χ4n) is 2.19. The third-order valence-electron chi connectivity index (χ3n) is 3.34. The van der Waals surface area contributed by atoms with Crippen LogP contribution < -0.4 is 5.32 Å². The van der Waals surface area contributed by atoms with E-state index in [1.807, 2.05) is 0 Å². The van der Waals surface area contributed by atoms with Gasteiger partial charge in [0.1, 0.15) is 0 Å². The molecule has 24 heavy (non-hydrogen) atoms. The van der Waals surface area contributed by atoms with E-state index in [4.69, 9.17) is 0 Å². The van der Waals surface area contributed by atoms with Gasteiger partial charge in [0.05, 0.1) is 24.1 Å². The third-order valence-corrected chi connectivity index (χ3v) is 3.34. The van der Waals surface area contributed by atoms with Gasteiger partial charge in [-0.15, -0.1) is 0 Å². The van der Waals surface area contributed by atoms with Gasteiger partial charge in [0.15, 0.2) is 0 Å². The number of aliphatic hydroxyl groups excluding tert-OH is 1. The van der Waals surface area contributed by atoms with Gasteiger partial charge in [-0.25, -0.2) is 0 Å². The molecule has 0 atom stereocenters. The highest BCUT2D eigenvalue weighted by molar-refractivity contribution is 6.04. The van der Waals surface area contributed by atoms with E-state index in [0.29, 0.717) is 11.3 Å². The third kappa shape index (κ3) is 4.20. The highest BCUT2D eigenvalue weighted by Crippen LogP contribution is 2.34. The molecule has 0 bridgehead atoms. The minimum Gasteiger partial charge on any atom is -0.392 e. The molecule has 1 amide bonds. The molecule has 0 saturated heterocycles. The molecule has 0 aliphatic rings. The maximum Gasteiger partial charge on any atom is 0.416 e. The number of hydrogen-bond acceptors (Lipinski definition) is 3. The smallest absolute Gasteiger partial charge is 0.392 e. The van der Waals surface area contributed by atoms with Gasteiger partial charge in [-0.05, 0) is 30.2 Å². The van der Waals surface area contributed by atoms with E-state index in [1.54, 1.807) is 0 Å². The van der Waals surface area contributed by atoms with Gasteiger partial charge in [-0.2, -0.15) is 13.2 Å². The zero-order valence-corrected chi connectivity index (χ0v) is 12.8. The molecule has 0 saturated carbocycles. The number of halogens is 3. The molecule has 2 N–H and O–H groups in total. The van der Waals surface area contributed by atoms with Crippen LogP contribution in [0.3, 0.4) is 0 Å². The number of carbonyl (C=O) groups excluding carboxylic acids is 1. The van der Waals surface area contributed by atoms with Crippen molar-refractivity contribution in [2.45, 2.75) is 19.7 Å². The van der Waals surface area contributed by atoms with E-state index in [1.165, 1.54) is 43.6 Å². The van der Waals surface area contributed by atoms with E-state index in [2.05, 4.69) is 10.3 Å². The first-order valence-electron chi connectivity index (χ1n) is 7.02. The lowest BCUT2D eigenvalue weighted by Crippen LogP contribution is -2.12. The van der Waals surface area contributed by atoms with Crippen LogP contribution >= 0.6 is 0 Å². The summed E-state index contributed by atoms with van der Waals surface area (Å²) in [4.78, 5) is 15.9. The molecule has 126 valence electrons. The second-order valence-corrected chi connectivity index (χ2v) is 5.05. The lowest BCUT2D eigenvalue weighted by atomic mass is 10.00. The average Bonchev–Trinajstić information content (AvgIpc) is 2.54. The van der Waals surface area contributed by atoms with Crippen LogP contribution in [0, 0.1) is 0 Å². The van der Waals surface area contributed by atoms with Crippen LogP contribution in [-0.2, 0) is 17.6 Å². The van der Waals surface area contributed by atoms with Crippen LogP contribution in [-0.4, -0.2) is 16.0 Å². The zero-order chi connectivity index (χ0) is 17.7.